The number of hydrogen-bond donors (Lipinski definition) is 1. The predicted molar refractivity (Wildman–Crippen MR) is 71.2 cm³/mol. The smallest absolute Gasteiger partial charge is 0.0224 e. The van der Waals surface area contributed by atoms with Gasteiger partial charge in [0.25, 0.3) is 0 Å². The Morgan fingerprint density at radius 2 is 1.94 bits per heavy atom. The number of piperazine rings is 1. The van der Waals surface area contributed by atoms with Crippen molar-refractivity contribution in [2.24, 2.45) is 5.92 Å². The fraction of sp³-hybridized carbons (Fsp3) is 1.00. The van der Waals surface area contributed by atoms with E-state index in [1.807, 2.05) is 0 Å². The number of rotatable bonds is 2. The van der Waals surface area contributed by atoms with E-state index in [1.54, 1.807) is 0 Å². The van der Waals surface area contributed by atoms with Gasteiger partial charge >= 0.3 is 0 Å². The molecule has 0 spiro atoms. The van der Waals surface area contributed by atoms with Crippen LogP contribution in [0.4, 0.5) is 0 Å². The molecule has 0 aromatic carbocycles. The maximum atomic E-state index is 3.47. The Labute approximate surface area is 106 Å². The SMILES string of the molecule is CC1CN2CCCC2CN1CC1CCNCC1. The van der Waals surface area contributed by atoms with Crippen molar-refractivity contribution in [3.8, 4) is 0 Å². The summed E-state index contributed by atoms with van der Waals surface area (Å²) in [5.74, 6) is 0.951. The maximum absolute atomic E-state index is 3.47. The molecule has 0 aromatic heterocycles. The van der Waals surface area contributed by atoms with Gasteiger partial charge in [-0.3, -0.25) is 9.80 Å². The Bertz CT molecular complexity index is 250. The van der Waals surface area contributed by atoms with Gasteiger partial charge in [-0.1, -0.05) is 0 Å². The van der Waals surface area contributed by atoms with Crippen LogP contribution < -0.4 is 5.32 Å². The second-order valence-electron chi connectivity index (χ2n) is 6.29. The standard InChI is InChI=1S/C14H27N3/c1-12-9-16-8-2-3-14(16)11-17(12)10-13-4-6-15-7-5-13/h12-15H,2-11H2,1H3. The van der Waals surface area contributed by atoms with Crippen LogP contribution in [0.25, 0.3) is 0 Å². The van der Waals surface area contributed by atoms with Crippen molar-refractivity contribution in [3.63, 3.8) is 0 Å². The number of nitrogens with one attached hydrogen (secondary N) is 1. The molecule has 0 bridgehead atoms. The average Bonchev–Trinajstić information content (AvgIpc) is 2.78. The summed E-state index contributed by atoms with van der Waals surface area (Å²) in [6.45, 7) is 10.3. The molecular weight excluding hydrogens is 210 g/mol. The van der Waals surface area contributed by atoms with Crippen molar-refractivity contribution in [2.75, 3.05) is 39.3 Å². The Hall–Kier alpha value is -0.120. The minimum Gasteiger partial charge on any atom is -0.317 e. The predicted octanol–water partition coefficient (Wildman–Crippen LogP) is 1.15. The topological polar surface area (TPSA) is 18.5 Å². The van der Waals surface area contributed by atoms with E-state index in [1.165, 1.54) is 65.0 Å². The lowest BCUT2D eigenvalue weighted by Gasteiger charge is -2.44. The van der Waals surface area contributed by atoms with Gasteiger partial charge in [0.05, 0.1) is 0 Å². The van der Waals surface area contributed by atoms with Crippen LogP contribution in [0.15, 0.2) is 0 Å². The Kier molecular flexibility index (Phi) is 3.69. The van der Waals surface area contributed by atoms with Gasteiger partial charge in [-0.25, -0.2) is 0 Å². The lowest BCUT2D eigenvalue weighted by atomic mass is 9.96. The van der Waals surface area contributed by atoms with Crippen molar-refractivity contribution in [1.29, 1.82) is 0 Å². The molecule has 0 aliphatic carbocycles. The minimum atomic E-state index is 0.777. The van der Waals surface area contributed by atoms with Gasteiger partial charge in [0.1, 0.15) is 0 Å². The highest BCUT2D eigenvalue weighted by Gasteiger charge is 2.34. The third-order valence-electron chi connectivity index (χ3n) is 5.02. The van der Waals surface area contributed by atoms with Crippen LogP contribution in [0.5, 0.6) is 0 Å². The number of nitrogens with zero attached hydrogens (tertiary/aromatic N) is 2. The van der Waals surface area contributed by atoms with E-state index in [9.17, 15) is 0 Å². The quantitative estimate of drug-likeness (QED) is 0.777. The molecule has 3 aliphatic rings. The first kappa shape index (κ1) is 11.9. The van der Waals surface area contributed by atoms with Crippen molar-refractivity contribution >= 4 is 0 Å². The number of hydrogen-bond acceptors (Lipinski definition) is 3. The summed E-state index contributed by atoms with van der Waals surface area (Å²) in [6, 6.07) is 1.66. The van der Waals surface area contributed by atoms with Gasteiger partial charge in [0.2, 0.25) is 0 Å². The molecule has 17 heavy (non-hydrogen) atoms. The molecule has 3 heteroatoms. The molecule has 1 N–H and O–H groups in total. The van der Waals surface area contributed by atoms with Crippen LogP contribution in [0.3, 0.4) is 0 Å². The van der Waals surface area contributed by atoms with Crippen LogP contribution in [-0.4, -0.2) is 61.2 Å². The first-order valence-corrected chi connectivity index (χ1v) is 7.52. The van der Waals surface area contributed by atoms with Gasteiger partial charge in [0, 0.05) is 31.7 Å². The van der Waals surface area contributed by atoms with Crippen LogP contribution in [0, 0.1) is 5.92 Å². The number of piperidine rings is 1. The molecule has 98 valence electrons. The summed E-state index contributed by atoms with van der Waals surface area (Å²) in [7, 11) is 0. The Balaban J connectivity index is 1.55. The molecule has 3 nitrogen and oxygen atoms in total. The Morgan fingerprint density at radius 3 is 2.76 bits per heavy atom. The molecule has 0 radical (unpaired) electrons. The van der Waals surface area contributed by atoms with Crippen LogP contribution in [0.2, 0.25) is 0 Å². The normalized spacial score (nSPS) is 37.2. The van der Waals surface area contributed by atoms with Gasteiger partial charge < -0.3 is 5.32 Å². The summed E-state index contributed by atoms with van der Waals surface area (Å²) in [5, 5.41) is 3.47. The second-order valence-corrected chi connectivity index (χ2v) is 6.29. The third-order valence-corrected chi connectivity index (χ3v) is 5.02. The van der Waals surface area contributed by atoms with Crippen LogP contribution in [0.1, 0.15) is 32.6 Å². The lowest BCUT2D eigenvalue weighted by molar-refractivity contribution is 0.0443. The third kappa shape index (κ3) is 2.67. The molecule has 3 aliphatic heterocycles. The van der Waals surface area contributed by atoms with Crippen molar-refractivity contribution in [1.82, 2.24) is 15.1 Å². The molecule has 3 fully saturated rings. The second kappa shape index (κ2) is 5.25. The van der Waals surface area contributed by atoms with Crippen molar-refractivity contribution in [3.05, 3.63) is 0 Å². The summed E-state index contributed by atoms with van der Waals surface area (Å²) in [4.78, 5) is 5.51. The highest BCUT2D eigenvalue weighted by Crippen LogP contribution is 2.26. The summed E-state index contributed by atoms with van der Waals surface area (Å²) >= 11 is 0. The van der Waals surface area contributed by atoms with E-state index in [0.717, 1.165) is 18.0 Å². The molecule has 0 aromatic rings. The molecule has 2 atom stereocenters. The lowest BCUT2D eigenvalue weighted by Crippen LogP contribution is -2.56. The fourth-order valence-corrected chi connectivity index (χ4v) is 3.90. The highest BCUT2D eigenvalue weighted by atomic mass is 15.3. The largest absolute Gasteiger partial charge is 0.317 e. The molecule has 0 amide bonds. The summed E-state index contributed by atoms with van der Waals surface area (Å²) in [5.41, 5.74) is 0. The molecule has 3 heterocycles. The maximum Gasteiger partial charge on any atom is 0.0224 e. The zero-order valence-corrected chi connectivity index (χ0v) is 11.2. The Morgan fingerprint density at radius 1 is 1.12 bits per heavy atom. The minimum absolute atomic E-state index is 0.777. The van der Waals surface area contributed by atoms with E-state index >= 15 is 0 Å². The van der Waals surface area contributed by atoms with Gasteiger partial charge in [-0.05, 0) is 58.2 Å². The summed E-state index contributed by atoms with van der Waals surface area (Å²) < 4.78 is 0. The zero-order chi connectivity index (χ0) is 11.7. The van der Waals surface area contributed by atoms with E-state index in [4.69, 9.17) is 0 Å². The number of fused-ring (bicyclic) bond motifs is 1. The summed E-state index contributed by atoms with van der Waals surface area (Å²) in [6.07, 6.45) is 5.64. The zero-order valence-electron chi connectivity index (χ0n) is 11.2. The van der Waals surface area contributed by atoms with Crippen molar-refractivity contribution in [2.45, 2.75) is 44.7 Å². The molecular formula is C14H27N3. The molecule has 2 unspecified atom stereocenters. The molecule has 0 saturated carbocycles. The monoisotopic (exact) mass is 237 g/mol. The van der Waals surface area contributed by atoms with E-state index in [2.05, 4.69) is 22.0 Å². The first-order valence-electron chi connectivity index (χ1n) is 7.52. The fourth-order valence-electron chi connectivity index (χ4n) is 3.90. The average molecular weight is 237 g/mol. The van der Waals surface area contributed by atoms with E-state index in [0.29, 0.717) is 0 Å². The van der Waals surface area contributed by atoms with Crippen molar-refractivity contribution < 1.29 is 0 Å². The van der Waals surface area contributed by atoms with Crippen LogP contribution >= 0.6 is 0 Å². The van der Waals surface area contributed by atoms with Crippen LogP contribution in [-0.2, 0) is 0 Å². The van der Waals surface area contributed by atoms with E-state index in [-0.39, 0.29) is 0 Å². The van der Waals surface area contributed by atoms with Gasteiger partial charge in [0.15, 0.2) is 0 Å². The first-order chi connectivity index (χ1) is 8.33. The highest BCUT2D eigenvalue weighted by molar-refractivity contribution is 4.91. The van der Waals surface area contributed by atoms with Gasteiger partial charge in [-0.15, -0.1) is 0 Å². The van der Waals surface area contributed by atoms with Gasteiger partial charge in [-0.2, -0.15) is 0 Å². The molecule has 3 saturated heterocycles. The molecule has 3 rings (SSSR count). The van der Waals surface area contributed by atoms with E-state index < -0.39 is 0 Å².